The quantitative estimate of drug-likeness (QED) is 0.697. The number of carbonyl (C=O) groups is 1. The van der Waals surface area contributed by atoms with Gasteiger partial charge in [0.1, 0.15) is 0 Å². The van der Waals surface area contributed by atoms with Crippen LogP contribution in [0.2, 0.25) is 0 Å². The highest BCUT2D eigenvalue weighted by molar-refractivity contribution is 9.10. The van der Waals surface area contributed by atoms with Crippen molar-refractivity contribution in [3.8, 4) is 0 Å². The van der Waals surface area contributed by atoms with Crippen LogP contribution in [0, 0.1) is 0 Å². The number of halogens is 1. The topological polar surface area (TPSA) is 57.7 Å². The molecule has 0 spiro atoms. The molecular formula is C19H21BrN2O3S. The maximum atomic E-state index is 13.1. The second-order valence-electron chi connectivity index (χ2n) is 6.30. The Morgan fingerprint density at radius 3 is 2.23 bits per heavy atom. The maximum Gasteiger partial charge on any atom is 0.243 e. The van der Waals surface area contributed by atoms with E-state index in [0.717, 1.165) is 22.9 Å². The van der Waals surface area contributed by atoms with Gasteiger partial charge in [0.15, 0.2) is 0 Å². The molecule has 7 heteroatoms. The number of nitrogens with zero attached hydrogens (tertiary/aromatic N) is 2. The van der Waals surface area contributed by atoms with Crippen LogP contribution in [-0.2, 0) is 21.4 Å². The Morgan fingerprint density at radius 1 is 1.00 bits per heavy atom. The summed E-state index contributed by atoms with van der Waals surface area (Å²) in [6.45, 7) is 1.43. The zero-order valence-corrected chi connectivity index (χ0v) is 16.7. The monoisotopic (exact) mass is 436 g/mol. The largest absolute Gasteiger partial charge is 0.342 e. The van der Waals surface area contributed by atoms with Crippen molar-refractivity contribution in [1.29, 1.82) is 0 Å². The molecule has 2 aromatic carbocycles. The number of hydrogen-bond donors (Lipinski definition) is 0. The van der Waals surface area contributed by atoms with Crippen LogP contribution >= 0.6 is 15.9 Å². The van der Waals surface area contributed by atoms with Gasteiger partial charge < -0.3 is 4.90 Å². The van der Waals surface area contributed by atoms with E-state index in [1.54, 1.807) is 29.2 Å². The number of hydrogen-bond acceptors (Lipinski definition) is 3. The van der Waals surface area contributed by atoms with E-state index in [4.69, 9.17) is 0 Å². The second kappa shape index (κ2) is 8.33. The van der Waals surface area contributed by atoms with Crippen molar-refractivity contribution < 1.29 is 13.2 Å². The number of likely N-dealkylation sites (tertiary alicyclic amines) is 1. The highest BCUT2D eigenvalue weighted by Crippen LogP contribution is 2.21. The lowest BCUT2D eigenvalue weighted by Gasteiger charge is -2.24. The summed E-state index contributed by atoms with van der Waals surface area (Å²) in [6.07, 6.45) is 1.95. The molecule has 0 atom stereocenters. The summed E-state index contributed by atoms with van der Waals surface area (Å²) in [4.78, 5) is 14.5. The maximum absolute atomic E-state index is 13.1. The standard InChI is InChI=1S/C19H21BrN2O3S/c20-17-8-10-18(11-9-17)26(24,25)22(14-16-6-2-1-3-7-16)15-19(23)21-12-4-5-13-21/h1-3,6-11H,4-5,12-15H2. The Hall–Kier alpha value is -1.70. The smallest absolute Gasteiger partial charge is 0.243 e. The van der Waals surface area contributed by atoms with Crippen molar-refractivity contribution in [3.05, 3.63) is 64.6 Å². The first-order valence-corrected chi connectivity index (χ1v) is 10.8. The van der Waals surface area contributed by atoms with Crippen LogP contribution in [0.4, 0.5) is 0 Å². The lowest BCUT2D eigenvalue weighted by molar-refractivity contribution is -0.130. The molecule has 0 unspecified atom stereocenters. The number of amides is 1. The Kier molecular flexibility index (Phi) is 6.11. The molecule has 2 aromatic rings. The summed E-state index contributed by atoms with van der Waals surface area (Å²) in [5.41, 5.74) is 0.849. The Balaban J connectivity index is 1.88. The molecule has 0 N–H and O–H groups in total. The van der Waals surface area contributed by atoms with Crippen LogP contribution in [0.25, 0.3) is 0 Å². The molecule has 5 nitrogen and oxygen atoms in total. The van der Waals surface area contributed by atoms with Gasteiger partial charge in [-0.2, -0.15) is 4.31 Å². The molecule has 0 bridgehead atoms. The average Bonchev–Trinajstić information content (AvgIpc) is 3.17. The van der Waals surface area contributed by atoms with Crippen LogP contribution in [0.3, 0.4) is 0 Å². The second-order valence-corrected chi connectivity index (χ2v) is 9.15. The normalized spacial score (nSPS) is 14.8. The Labute approximate surface area is 162 Å². The zero-order chi connectivity index (χ0) is 18.6. The highest BCUT2D eigenvalue weighted by atomic mass is 79.9. The fourth-order valence-corrected chi connectivity index (χ4v) is 4.63. The molecule has 0 aliphatic carbocycles. The lowest BCUT2D eigenvalue weighted by Crippen LogP contribution is -2.41. The lowest BCUT2D eigenvalue weighted by atomic mass is 10.2. The molecule has 138 valence electrons. The molecule has 1 fully saturated rings. The summed E-state index contributed by atoms with van der Waals surface area (Å²) in [5.74, 6) is -0.140. The van der Waals surface area contributed by atoms with Crippen molar-refractivity contribution in [2.75, 3.05) is 19.6 Å². The fraction of sp³-hybridized carbons (Fsp3) is 0.316. The van der Waals surface area contributed by atoms with Gasteiger partial charge in [-0.15, -0.1) is 0 Å². The molecule has 3 rings (SSSR count). The number of sulfonamides is 1. The number of carbonyl (C=O) groups excluding carboxylic acids is 1. The summed E-state index contributed by atoms with van der Waals surface area (Å²) < 4.78 is 28.4. The van der Waals surface area contributed by atoms with Crippen molar-refractivity contribution in [2.45, 2.75) is 24.3 Å². The van der Waals surface area contributed by atoms with E-state index in [1.807, 2.05) is 30.3 Å². The number of rotatable bonds is 6. The van der Waals surface area contributed by atoms with Crippen molar-refractivity contribution in [3.63, 3.8) is 0 Å². The van der Waals surface area contributed by atoms with Crippen LogP contribution in [-0.4, -0.2) is 43.2 Å². The minimum Gasteiger partial charge on any atom is -0.342 e. The first kappa shape index (κ1) is 19.1. The zero-order valence-electron chi connectivity index (χ0n) is 14.3. The van der Waals surface area contributed by atoms with Gasteiger partial charge in [0, 0.05) is 24.1 Å². The first-order chi connectivity index (χ1) is 12.5. The van der Waals surface area contributed by atoms with E-state index in [9.17, 15) is 13.2 Å². The summed E-state index contributed by atoms with van der Waals surface area (Å²) in [7, 11) is -3.78. The van der Waals surface area contributed by atoms with Crippen LogP contribution in [0.1, 0.15) is 18.4 Å². The van der Waals surface area contributed by atoms with Crippen LogP contribution in [0.5, 0.6) is 0 Å². The summed E-state index contributed by atoms with van der Waals surface area (Å²) >= 11 is 3.32. The van der Waals surface area contributed by atoms with Gasteiger partial charge in [0.25, 0.3) is 0 Å². The van der Waals surface area contributed by atoms with E-state index in [1.165, 1.54) is 4.31 Å². The first-order valence-electron chi connectivity index (χ1n) is 8.54. The molecule has 0 saturated carbocycles. The summed E-state index contributed by atoms with van der Waals surface area (Å²) in [5, 5.41) is 0. The van der Waals surface area contributed by atoms with Crippen LogP contribution < -0.4 is 0 Å². The fourth-order valence-electron chi connectivity index (χ4n) is 2.99. The highest BCUT2D eigenvalue weighted by Gasteiger charge is 2.29. The number of benzene rings is 2. The molecule has 1 heterocycles. The van der Waals surface area contributed by atoms with Crippen molar-refractivity contribution in [1.82, 2.24) is 9.21 Å². The molecule has 0 aromatic heterocycles. The van der Waals surface area contributed by atoms with E-state index < -0.39 is 10.0 Å². The van der Waals surface area contributed by atoms with Crippen LogP contribution in [0.15, 0.2) is 64.0 Å². The molecule has 1 aliphatic heterocycles. The minimum absolute atomic E-state index is 0.140. The molecule has 0 radical (unpaired) electrons. The molecular weight excluding hydrogens is 416 g/mol. The average molecular weight is 437 g/mol. The molecule has 1 saturated heterocycles. The van der Waals surface area contributed by atoms with E-state index in [2.05, 4.69) is 15.9 Å². The third-order valence-electron chi connectivity index (χ3n) is 4.42. The van der Waals surface area contributed by atoms with E-state index in [0.29, 0.717) is 13.1 Å². The van der Waals surface area contributed by atoms with Crippen molar-refractivity contribution >= 4 is 31.9 Å². The van der Waals surface area contributed by atoms with E-state index in [-0.39, 0.29) is 23.9 Å². The van der Waals surface area contributed by atoms with Gasteiger partial charge in [-0.05, 0) is 42.7 Å². The SMILES string of the molecule is O=C(CN(Cc1ccccc1)S(=O)(=O)c1ccc(Br)cc1)N1CCCC1. The Bertz CT molecular complexity index is 848. The van der Waals surface area contributed by atoms with Gasteiger partial charge >= 0.3 is 0 Å². The molecule has 1 aliphatic rings. The third kappa shape index (κ3) is 4.52. The molecule has 26 heavy (non-hydrogen) atoms. The van der Waals surface area contributed by atoms with Gasteiger partial charge in [0.05, 0.1) is 11.4 Å². The Morgan fingerprint density at radius 2 is 1.62 bits per heavy atom. The predicted octanol–water partition coefficient (Wildman–Crippen LogP) is 3.26. The predicted molar refractivity (Wildman–Crippen MR) is 104 cm³/mol. The molecule has 1 amide bonds. The van der Waals surface area contributed by atoms with Crippen molar-refractivity contribution in [2.24, 2.45) is 0 Å². The van der Waals surface area contributed by atoms with Gasteiger partial charge in [-0.25, -0.2) is 8.42 Å². The van der Waals surface area contributed by atoms with Gasteiger partial charge in [0.2, 0.25) is 15.9 Å². The third-order valence-corrected chi connectivity index (χ3v) is 6.76. The summed E-state index contributed by atoms with van der Waals surface area (Å²) in [6, 6.07) is 15.8. The van der Waals surface area contributed by atoms with Gasteiger partial charge in [-0.1, -0.05) is 46.3 Å². The minimum atomic E-state index is -3.78. The van der Waals surface area contributed by atoms with Gasteiger partial charge in [-0.3, -0.25) is 4.79 Å². The van der Waals surface area contributed by atoms with E-state index >= 15 is 0 Å².